The molecule has 8 heteroatoms. The van der Waals surface area contributed by atoms with Crippen LogP contribution in [0.4, 0.5) is 10.5 Å². The minimum Gasteiger partial charge on any atom is -0.438 e. The van der Waals surface area contributed by atoms with Gasteiger partial charge in [-0.1, -0.05) is 72.8 Å². The fourth-order valence-corrected chi connectivity index (χ4v) is 4.86. The standard InChI is InChI=1S/C30H31N3O5/c34-26(18-21-8-3-1-4-9-21)32-24-15-13-23(14-16-24)28-27(29(35)31-19-25-12-7-17-37-25)33(30(36)38-28)20-22-10-5-2-6-11-22/h1-6,8-11,13-16,25,27-28H,7,12,17-20H2,(H,31,35)(H,32,34). The Morgan fingerprint density at radius 2 is 1.58 bits per heavy atom. The van der Waals surface area contributed by atoms with E-state index in [0.29, 0.717) is 24.4 Å². The number of anilines is 1. The van der Waals surface area contributed by atoms with Crippen molar-refractivity contribution in [2.75, 3.05) is 18.5 Å². The van der Waals surface area contributed by atoms with Crippen molar-refractivity contribution in [1.82, 2.24) is 10.2 Å². The van der Waals surface area contributed by atoms with Gasteiger partial charge in [-0.05, 0) is 41.7 Å². The first-order chi connectivity index (χ1) is 18.6. The largest absolute Gasteiger partial charge is 0.438 e. The molecule has 3 aromatic carbocycles. The van der Waals surface area contributed by atoms with E-state index in [1.54, 1.807) is 24.3 Å². The lowest BCUT2D eigenvalue weighted by Gasteiger charge is -2.25. The maximum Gasteiger partial charge on any atom is 0.411 e. The molecule has 0 radical (unpaired) electrons. The zero-order valence-electron chi connectivity index (χ0n) is 21.0. The number of hydrogen-bond donors (Lipinski definition) is 2. The van der Waals surface area contributed by atoms with E-state index < -0.39 is 18.2 Å². The molecule has 2 fully saturated rings. The number of rotatable bonds is 9. The number of ether oxygens (including phenoxy) is 2. The molecule has 2 saturated heterocycles. The van der Waals surface area contributed by atoms with Gasteiger partial charge in [0.2, 0.25) is 11.8 Å². The zero-order chi connectivity index (χ0) is 26.3. The van der Waals surface area contributed by atoms with Gasteiger partial charge in [-0.3, -0.25) is 14.5 Å². The summed E-state index contributed by atoms with van der Waals surface area (Å²) in [4.78, 5) is 40.3. The van der Waals surface area contributed by atoms with Crippen molar-refractivity contribution in [3.63, 3.8) is 0 Å². The Balaban J connectivity index is 1.30. The first-order valence-corrected chi connectivity index (χ1v) is 12.9. The Hall–Kier alpha value is -4.17. The third-order valence-corrected chi connectivity index (χ3v) is 6.81. The van der Waals surface area contributed by atoms with E-state index in [9.17, 15) is 14.4 Å². The van der Waals surface area contributed by atoms with Gasteiger partial charge < -0.3 is 20.1 Å². The summed E-state index contributed by atoms with van der Waals surface area (Å²) in [6.07, 6.45) is 0.791. The molecule has 3 unspecified atom stereocenters. The summed E-state index contributed by atoms with van der Waals surface area (Å²) in [6, 6.07) is 25.3. The van der Waals surface area contributed by atoms with E-state index >= 15 is 0 Å². The Labute approximate surface area is 221 Å². The summed E-state index contributed by atoms with van der Waals surface area (Å²) < 4.78 is 11.4. The number of hydrogen-bond acceptors (Lipinski definition) is 5. The second-order valence-electron chi connectivity index (χ2n) is 9.58. The summed E-state index contributed by atoms with van der Waals surface area (Å²) in [6.45, 7) is 1.34. The normalized spacial score (nSPS) is 20.7. The molecule has 0 saturated carbocycles. The highest BCUT2D eigenvalue weighted by Gasteiger charge is 2.47. The molecule has 2 heterocycles. The zero-order valence-corrected chi connectivity index (χ0v) is 21.0. The van der Waals surface area contributed by atoms with Crippen molar-refractivity contribution in [2.45, 2.75) is 44.1 Å². The Bertz CT molecular complexity index is 1240. The Morgan fingerprint density at radius 3 is 2.24 bits per heavy atom. The number of benzene rings is 3. The molecule has 0 aromatic heterocycles. The van der Waals surface area contributed by atoms with E-state index in [0.717, 1.165) is 24.0 Å². The second kappa shape index (κ2) is 11.9. The van der Waals surface area contributed by atoms with Crippen LogP contribution in [-0.2, 0) is 32.0 Å². The number of carbonyl (C=O) groups excluding carboxylic acids is 3. The van der Waals surface area contributed by atoms with E-state index in [1.807, 2.05) is 60.7 Å². The van der Waals surface area contributed by atoms with Gasteiger partial charge in [0, 0.05) is 18.8 Å². The lowest BCUT2D eigenvalue weighted by molar-refractivity contribution is -0.126. The highest BCUT2D eigenvalue weighted by atomic mass is 16.6. The molecule has 3 atom stereocenters. The van der Waals surface area contributed by atoms with Crippen LogP contribution in [0, 0.1) is 0 Å². The van der Waals surface area contributed by atoms with Gasteiger partial charge in [0.05, 0.1) is 19.1 Å². The maximum atomic E-state index is 13.4. The van der Waals surface area contributed by atoms with Crippen molar-refractivity contribution in [1.29, 1.82) is 0 Å². The number of cyclic esters (lactones) is 1. The van der Waals surface area contributed by atoms with Crippen LogP contribution >= 0.6 is 0 Å². The minimum atomic E-state index is -0.845. The molecule has 196 valence electrons. The molecule has 5 rings (SSSR count). The third kappa shape index (κ3) is 6.20. The topological polar surface area (TPSA) is 97.0 Å². The van der Waals surface area contributed by atoms with Crippen molar-refractivity contribution >= 4 is 23.6 Å². The lowest BCUT2D eigenvalue weighted by atomic mass is 10.00. The lowest BCUT2D eigenvalue weighted by Crippen LogP contribution is -2.47. The maximum absolute atomic E-state index is 13.4. The average molecular weight is 514 g/mol. The van der Waals surface area contributed by atoms with Gasteiger partial charge in [0.1, 0.15) is 0 Å². The molecule has 2 N–H and O–H groups in total. The molecular weight excluding hydrogens is 482 g/mol. The molecule has 0 bridgehead atoms. The Kier molecular flexibility index (Phi) is 7.99. The SMILES string of the molecule is O=C(Cc1ccccc1)Nc1ccc(C2OC(=O)N(Cc3ccccc3)C2C(=O)NCC2CCCO2)cc1. The van der Waals surface area contributed by atoms with E-state index in [4.69, 9.17) is 9.47 Å². The molecule has 3 amide bonds. The summed E-state index contributed by atoms with van der Waals surface area (Å²) in [7, 11) is 0. The van der Waals surface area contributed by atoms with Gasteiger partial charge in [0.25, 0.3) is 0 Å². The van der Waals surface area contributed by atoms with Crippen LogP contribution in [0.2, 0.25) is 0 Å². The molecular formula is C30H31N3O5. The summed E-state index contributed by atoms with van der Waals surface area (Å²) in [5.41, 5.74) is 3.13. The van der Waals surface area contributed by atoms with Gasteiger partial charge in [0.15, 0.2) is 12.1 Å². The van der Waals surface area contributed by atoms with Crippen molar-refractivity contribution in [2.24, 2.45) is 0 Å². The van der Waals surface area contributed by atoms with Gasteiger partial charge in [-0.15, -0.1) is 0 Å². The first kappa shape index (κ1) is 25.5. The fourth-order valence-electron chi connectivity index (χ4n) is 4.86. The quantitative estimate of drug-likeness (QED) is 0.447. The van der Waals surface area contributed by atoms with Crippen LogP contribution in [-0.4, -0.2) is 48.1 Å². The summed E-state index contributed by atoms with van der Waals surface area (Å²) in [5, 5.41) is 5.86. The molecule has 38 heavy (non-hydrogen) atoms. The number of nitrogens with one attached hydrogen (secondary N) is 2. The molecule has 3 aromatic rings. The van der Waals surface area contributed by atoms with Crippen molar-refractivity contribution < 1.29 is 23.9 Å². The van der Waals surface area contributed by atoms with Crippen molar-refractivity contribution in [3.05, 3.63) is 102 Å². The van der Waals surface area contributed by atoms with Crippen LogP contribution < -0.4 is 10.6 Å². The molecule has 0 spiro atoms. The highest BCUT2D eigenvalue weighted by molar-refractivity contribution is 5.92. The monoisotopic (exact) mass is 513 g/mol. The van der Waals surface area contributed by atoms with Gasteiger partial charge in [-0.2, -0.15) is 0 Å². The predicted octanol–water partition coefficient (Wildman–Crippen LogP) is 4.23. The average Bonchev–Trinajstić information content (AvgIpc) is 3.57. The predicted molar refractivity (Wildman–Crippen MR) is 142 cm³/mol. The van der Waals surface area contributed by atoms with Crippen LogP contribution in [0.5, 0.6) is 0 Å². The summed E-state index contributed by atoms with van der Waals surface area (Å²) in [5.74, 6) is -0.413. The second-order valence-corrected chi connectivity index (χ2v) is 9.58. The molecule has 2 aliphatic rings. The third-order valence-electron chi connectivity index (χ3n) is 6.81. The number of nitrogens with zero attached hydrogens (tertiary/aromatic N) is 1. The molecule has 2 aliphatic heterocycles. The van der Waals surface area contributed by atoms with Gasteiger partial charge >= 0.3 is 6.09 Å². The highest BCUT2D eigenvalue weighted by Crippen LogP contribution is 2.34. The molecule has 8 nitrogen and oxygen atoms in total. The number of amides is 3. The van der Waals surface area contributed by atoms with E-state index in [2.05, 4.69) is 10.6 Å². The van der Waals surface area contributed by atoms with E-state index in [1.165, 1.54) is 4.90 Å². The Morgan fingerprint density at radius 1 is 0.895 bits per heavy atom. The van der Waals surface area contributed by atoms with Crippen LogP contribution in [0.1, 0.15) is 35.6 Å². The van der Waals surface area contributed by atoms with Crippen LogP contribution in [0.3, 0.4) is 0 Å². The fraction of sp³-hybridized carbons (Fsp3) is 0.300. The first-order valence-electron chi connectivity index (χ1n) is 12.9. The minimum absolute atomic E-state index is 0.0169. The van der Waals surface area contributed by atoms with E-state index in [-0.39, 0.29) is 30.9 Å². The molecule has 0 aliphatic carbocycles. The summed E-state index contributed by atoms with van der Waals surface area (Å²) >= 11 is 0. The van der Waals surface area contributed by atoms with Crippen LogP contribution in [0.25, 0.3) is 0 Å². The van der Waals surface area contributed by atoms with Crippen LogP contribution in [0.15, 0.2) is 84.9 Å². The smallest absolute Gasteiger partial charge is 0.411 e. The van der Waals surface area contributed by atoms with Gasteiger partial charge in [-0.25, -0.2) is 4.79 Å². The van der Waals surface area contributed by atoms with Crippen molar-refractivity contribution in [3.8, 4) is 0 Å². The number of carbonyl (C=O) groups is 3.